The Labute approximate surface area is 111 Å². The maximum Gasteiger partial charge on any atom is 0.266 e. The molecular formula is C13H16N2O4. The van der Waals surface area contributed by atoms with Crippen molar-refractivity contribution in [1.82, 2.24) is 5.32 Å². The number of benzene rings is 1. The molecule has 6 nitrogen and oxygen atoms in total. The summed E-state index contributed by atoms with van der Waals surface area (Å²) in [7, 11) is 1.56. The molecule has 0 bridgehead atoms. The van der Waals surface area contributed by atoms with Crippen LogP contribution in [0.2, 0.25) is 0 Å². The maximum atomic E-state index is 11.8. The fourth-order valence-corrected chi connectivity index (χ4v) is 1.76. The van der Waals surface area contributed by atoms with Crippen LogP contribution in [0, 0.1) is 0 Å². The van der Waals surface area contributed by atoms with Crippen molar-refractivity contribution < 1.29 is 19.1 Å². The lowest BCUT2D eigenvalue weighted by Gasteiger charge is -2.25. The van der Waals surface area contributed by atoms with Crippen molar-refractivity contribution >= 4 is 17.5 Å². The monoisotopic (exact) mass is 264 g/mol. The number of carbonyl (C=O) groups excluding carboxylic acids is 2. The molecule has 19 heavy (non-hydrogen) atoms. The van der Waals surface area contributed by atoms with E-state index in [0.717, 1.165) is 0 Å². The van der Waals surface area contributed by atoms with Crippen LogP contribution in [0.1, 0.15) is 6.42 Å². The highest BCUT2D eigenvalue weighted by molar-refractivity contribution is 5.99. The summed E-state index contributed by atoms with van der Waals surface area (Å²) in [5, 5.41) is 5.37. The molecule has 0 saturated heterocycles. The number of hydrogen-bond acceptors (Lipinski definition) is 4. The topological polar surface area (TPSA) is 76.7 Å². The summed E-state index contributed by atoms with van der Waals surface area (Å²) in [6.45, 7) is 0.854. The minimum Gasteiger partial charge on any atom is -0.478 e. The predicted molar refractivity (Wildman–Crippen MR) is 69.0 cm³/mol. The van der Waals surface area contributed by atoms with E-state index in [1.54, 1.807) is 25.3 Å². The summed E-state index contributed by atoms with van der Waals surface area (Å²) in [6, 6.07) is 7.12. The first-order valence-electron chi connectivity index (χ1n) is 6.03. The standard InChI is InChI=1S/C13H16N2O4/c1-18-7-6-14-12(16)8-11-13(17)15-9-4-2-3-5-10(9)19-11/h2-5,11H,6-8H2,1H3,(H,14,16)(H,15,17)/t11-/m0/s1. The summed E-state index contributed by atoms with van der Waals surface area (Å²) in [5.41, 5.74) is 0.628. The Morgan fingerprint density at radius 3 is 3.05 bits per heavy atom. The Morgan fingerprint density at radius 1 is 1.47 bits per heavy atom. The van der Waals surface area contributed by atoms with Gasteiger partial charge in [-0.1, -0.05) is 12.1 Å². The molecule has 1 heterocycles. The van der Waals surface area contributed by atoms with Crippen LogP contribution in [-0.4, -0.2) is 38.2 Å². The predicted octanol–water partition coefficient (Wildman–Crippen LogP) is 0.539. The zero-order valence-electron chi connectivity index (χ0n) is 10.6. The lowest BCUT2D eigenvalue weighted by atomic mass is 10.1. The Morgan fingerprint density at radius 2 is 2.26 bits per heavy atom. The largest absolute Gasteiger partial charge is 0.478 e. The van der Waals surface area contributed by atoms with Crippen LogP contribution in [0.25, 0.3) is 0 Å². The van der Waals surface area contributed by atoms with Crippen LogP contribution >= 0.6 is 0 Å². The molecule has 102 valence electrons. The molecule has 1 aliphatic heterocycles. The fourth-order valence-electron chi connectivity index (χ4n) is 1.76. The summed E-state index contributed by atoms with van der Waals surface area (Å²) < 4.78 is 10.3. The molecule has 2 N–H and O–H groups in total. The third-order valence-electron chi connectivity index (χ3n) is 2.71. The van der Waals surface area contributed by atoms with Gasteiger partial charge in [0.05, 0.1) is 18.7 Å². The van der Waals surface area contributed by atoms with E-state index < -0.39 is 6.10 Å². The molecule has 0 aliphatic carbocycles. The van der Waals surface area contributed by atoms with Crippen molar-refractivity contribution in [1.29, 1.82) is 0 Å². The minimum atomic E-state index is -0.794. The number of amides is 2. The average molecular weight is 264 g/mol. The van der Waals surface area contributed by atoms with Gasteiger partial charge in [-0.3, -0.25) is 9.59 Å². The van der Waals surface area contributed by atoms with Gasteiger partial charge in [-0.25, -0.2) is 0 Å². The number of ether oxygens (including phenoxy) is 2. The molecule has 1 aliphatic rings. The lowest BCUT2D eigenvalue weighted by molar-refractivity contribution is -0.130. The number of fused-ring (bicyclic) bond motifs is 1. The van der Waals surface area contributed by atoms with E-state index in [1.165, 1.54) is 0 Å². The van der Waals surface area contributed by atoms with Gasteiger partial charge in [-0.05, 0) is 12.1 Å². The van der Waals surface area contributed by atoms with Crippen molar-refractivity contribution in [3.05, 3.63) is 24.3 Å². The van der Waals surface area contributed by atoms with Gasteiger partial charge in [0, 0.05) is 13.7 Å². The second-order valence-electron chi connectivity index (χ2n) is 4.14. The van der Waals surface area contributed by atoms with Crippen molar-refractivity contribution in [3.8, 4) is 5.75 Å². The smallest absolute Gasteiger partial charge is 0.266 e. The second kappa shape index (κ2) is 6.19. The first kappa shape index (κ1) is 13.4. The van der Waals surface area contributed by atoms with E-state index in [9.17, 15) is 9.59 Å². The van der Waals surface area contributed by atoms with E-state index in [4.69, 9.17) is 9.47 Å². The molecule has 1 atom stereocenters. The van der Waals surface area contributed by atoms with Crippen LogP contribution in [0.4, 0.5) is 5.69 Å². The lowest BCUT2D eigenvalue weighted by Crippen LogP contribution is -2.41. The second-order valence-corrected chi connectivity index (χ2v) is 4.14. The van der Waals surface area contributed by atoms with Crippen LogP contribution < -0.4 is 15.4 Å². The summed E-state index contributed by atoms with van der Waals surface area (Å²) in [6.07, 6.45) is -0.804. The molecule has 0 radical (unpaired) electrons. The molecule has 1 aromatic carbocycles. The Kier molecular flexibility index (Phi) is 4.35. The van der Waals surface area contributed by atoms with Gasteiger partial charge in [0.25, 0.3) is 5.91 Å². The fraction of sp³-hybridized carbons (Fsp3) is 0.385. The molecule has 6 heteroatoms. The van der Waals surface area contributed by atoms with Gasteiger partial charge in [0.2, 0.25) is 5.91 Å². The van der Waals surface area contributed by atoms with Crippen LogP contribution in [0.15, 0.2) is 24.3 Å². The Bertz CT molecular complexity index is 475. The minimum absolute atomic E-state index is 0.0100. The van der Waals surface area contributed by atoms with E-state index in [0.29, 0.717) is 24.6 Å². The highest BCUT2D eigenvalue weighted by Crippen LogP contribution is 2.29. The number of nitrogens with one attached hydrogen (secondary N) is 2. The number of hydrogen-bond donors (Lipinski definition) is 2. The number of anilines is 1. The van der Waals surface area contributed by atoms with Gasteiger partial charge >= 0.3 is 0 Å². The maximum absolute atomic E-state index is 11.8. The molecular weight excluding hydrogens is 248 g/mol. The van der Waals surface area contributed by atoms with Crippen LogP contribution in [-0.2, 0) is 14.3 Å². The first-order valence-corrected chi connectivity index (χ1v) is 6.03. The number of carbonyl (C=O) groups is 2. The normalized spacial score (nSPS) is 17.1. The molecule has 0 spiro atoms. The van der Waals surface area contributed by atoms with E-state index in [-0.39, 0.29) is 18.2 Å². The molecule has 2 rings (SSSR count). The molecule has 0 fully saturated rings. The number of rotatable bonds is 5. The van der Waals surface area contributed by atoms with Crippen molar-refractivity contribution in [2.45, 2.75) is 12.5 Å². The molecule has 0 saturated carbocycles. The molecule has 2 amide bonds. The van der Waals surface area contributed by atoms with Gasteiger partial charge in [-0.2, -0.15) is 0 Å². The van der Waals surface area contributed by atoms with Gasteiger partial charge in [0.15, 0.2) is 6.10 Å². The summed E-state index contributed by atoms with van der Waals surface area (Å²) in [5.74, 6) is 0.0361. The molecule has 0 aromatic heterocycles. The zero-order valence-corrected chi connectivity index (χ0v) is 10.6. The van der Waals surface area contributed by atoms with Gasteiger partial charge < -0.3 is 20.1 Å². The SMILES string of the molecule is COCCNC(=O)C[C@@H]1Oc2ccccc2NC1=O. The van der Waals surface area contributed by atoms with E-state index >= 15 is 0 Å². The van der Waals surface area contributed by atoms with Crippen molar-refractivity contribution in [3.63, 3.8) is 0 Å². The van der Waals surface area contributed by atoms with Crippen molar-refractivity contribution in [2.75, 3.05) is 25.6 Å². The third kappa shape index (κ3) is 3.45. The Hall–Kier alpha value is -2.08. The van der Waals surface area contributed by atoms with Crippen molar-refractivity contribution in [2.24, 2.45) is 0 Å². The van der Waals surface area contributed by atoms with Gasteiger partial charge in [-0.15, -0.1) is 0 Å². The van der Waals surface area contributed by atoms with Crippen LogP contribution in [0.3, 0.4) is 0 Å². The zero-order chi connectivity index (χ0) is 13.7. The highest BCUT2D eigenvalue weighted by atomic mass is 16.5. The third-order valence-corrected chi connectivity index (χ3v) is 2.71. The summed E-state index contributed by atoms with van der Waals surface area (Å²) >= 11 is 0. The van der Waals surface area contributed by atoms with E-state index in [1.807, 2.05) is 6.07 Å². The molecule has 1 aromatic rings. The highest BCUT2D eigenvalue weighted by Gasteiger charge is 2.29. The number of para-hydroxylation sites is 2. The van der Waals surface area contributed by atoms with Gasteiger partial charge in [0.1, 0.15) is 5.75 Å². The first-order chi connectivity index (χ1) is 9.20. The average Bonchev–Trinajstić information content (AvgIpc) is 2.40. The number of methoxy groups -OCH3 is 1. The quantitative estimate of drug-likeness (QED) is 0.761. The van der Waals surface area contributed by atoms with Crippen LogP contribution in [0.5, 0.6) is 5.75 Å². The molecule has 0 unspecified atom stereocenters. The van der Waals surface area contributed by atoms with E-state index in [2.05, 4.69) is 10.6 Å². The summed E-state index contributed by atoms with van der Waals surface area (Å²) in [4.78, 5) is 23.4. The Balaban J connectivity index is 1.92.